The molecule has 0 saturated carbocycles. The summed E-state index contributed by atoms with van der Waals surface area (Å²) in [5, 5.41) is 3.40. The molecule has 2 aromatic heterocycles. The van der Waals surface area contributed by atoms with Crippen LogP contribution in [0, 0.1) is 0 Å². The molecular weight excluding hydrogens is 300 g/mol. The number of carbonyl (C=O) groups is 1. The van der Waals surface area contributed by atoms with Crippen LogP contribution in [0.25, 0.3) is 11.5 Å². The van der Waals surface area contributed by atoms with E-state index in [1.54, 1.807) is 36.7 Å². The summed E-state index contributed by atoms with van der Waals surface area (Å²) >= 11 is 5.89. The summed E-state index contributed by atoms with van der Waals surface area (Å²) in [6, 6.07) is 14.2. The van der Waals surface area contributed by atoms with Gasteiger partial charge in [0.15, 0.2) is 5.76 Å². The van der Waals surface area contributed by atoms with Gasteiger partial charge in [-0.2, -0.15) is 0 Å². The van der Waals surface area contributed by atoms with Gasteiger partial charge in [0.1, 0.15) is 5.69 Å². The second kappa shape index (κ2) is 6.45. The molecule has 2 heterocycles. The fourth-order valence-electron chi connectivity index (χ4n) is 2.06. The predicted molar refractivity (Wildman–Crippen MR) is 84.6 cm³/mol. The van der Waals surface area contributed by atoms with Crippen LogP contribution in [0.2, 0.25) is 5.02 Å². The topological polar surface area (TPSA) is 55.1 Å². The minimum Gasteiger partial charge on any atom is -0.463 e. The Bertz CT molecular complexity index is 785. The van der Waals surface area contributed by atoms with Gasteiger partial charge in [0.2, 0.25) is 0 Å². The summed E-state index contributed by atoms with van der Waals surface area (Å²) in [5.41, 5.74) is 2.21. The van der Waals surface area contributed by atoms with Crippen molar-refractivity contribution < 1.29 is 9.21 Å². The monoisotopic (exact) mass is 312 g/mol. The molecule has 0 atom stereocenters. The Kier molecular flexibility index (Phi) is 4.21. The minimum absolute atomic E-state index is 0.168. The molecule has 1 amide bonds. The van der Waals surface area contributed by atoms with Crippen molar-refractivity contribution in [2.24, 2.45) is 0 Å². The van der Waals surface area contributed by atoms with Gasteiger partial charge in [0, 0.05) is 23.3 Å². The molecule has 3 rings (SSSR count). The van der Waals surface area contributed by atoms with Crippen LogP contribution >= 0.6 is 11.6 Å². The van der Waals surface area contributed by atoms with E-state index in [9.17, 15) is 4.79 Å². The lowest BCUT2D eigenvalue weighted by atomic mass is 10.2. The lowest BCUT2D eigenvalue weighted by Crippen LogP contribution is -2.22. The average molecular weight is 313 g/mol. The van der Waals surface area contributed by atoms with E-state index in [1.165, 1.54) is 0 Å². The van der Waals surface area contributed by atoms with Crippen LogP contribution in [0.5, 0.6) is 0 Å². The van der Waals surface area contributed by atoms with Crippen LogP contribution in [0.3, 0.4) is 0 Å². The summed E-state index contributed by atoms with van der Waals surface area (Å²) < 4.78 is 5.32. The molecule has 4 nitrogen and oxygen atoms in total. The average Bonchev–Trinajstić information content (AvgIpc) is 3.07. The van der Waals surface area contributed by atoms with Crippen molar-refractivity contribution >= 4 is 17.5 Å². The second-order valence-corrected chi connectivity index (χ2v) is 5.16. The maximum absolute atomic E-state index is 12.1. The van der Waals surface area contributed by atoms with Gasteiger partial charge in [-0.15, -0.1) is 0 Å². The Hall–Kier alpha value is -2.59. The Morgan fingerprint density at radius 3 is 2.86 bits per heavy atom. The van der Waals surface area contributed by atoms with Crippen LogP contribution in [0.15, 0.2) is 65.4 Å². The van der Waals surface area contributed by atoms with Gasteiger partial charge in [-0.05, 0) is 48.0 Å². The van der Waals surface area contributed by atoms with Crippen molar-refractivity contribution in [2.45, 2.75) is 6.54 Å². The first-order valence-electron chi connectivity index (χ1n) is 6.75. The highest BCUT2D eigenvalue weighted by molar-refractivity contribution is 6.30. The maximum atomic E-state index is 12.1. The molecule has 5 heteroatoms. The number of nitrogens with zero attached hydrogens (tertiary/aromatic N) is 1. The lowest BCUT2D eigenvalue weighted by Gasteiger charge is -2.06. The number of carbonyl (C=O) groups excluding carboxylic acids is 1. The standard InChI is InChI=1S/C17H13ClN2O2/c18-14-4-1-3-13(10-14)17(21)20-11-12-6-7-19-15(9-12)16-5-2-8-22-16/h1-10H,11H2,(H,20,21). The molecule has 0 spiro atoms. The minimum atomic E-state index is -0.168. The third kappa shape index (κ3) is 3.35. The molecule has 0 radical (unpaired) electrons. The second-order valence-electron chi connectivity index (χ2n) is 4.72. The summed E-state index contributed by atoms with van der Waals surface area (Å²) in [6.07, 6.45) is 3.29. The van der Waals surface area contributed by atoms with E-state index < -0.39 is 0 Å². The van der Waals surface area contributed by atoms with Crippen molar-refractivity contribution in [1.82, 2.24) is 10.3 Å². The molecule has 0 aliphatic heterocycles. The summed E-state index contributed by atoms with van der Waals surface area (Å²) in [5.74, 6) is 0.530. The number of hydrogen-bond acceptors (Lipinski definition) is 3. The molecule has 0 unspecified atom stereocenters. The number of amides is 1. The van der Waals surface area contributed by atoms with E-state index in [-0.39, 0.29) is 5.91 Å². The number of rotatable bonds is 4. The predicted octanol–water partition coefficient (Wildman–Crippen LogP) is 3.93. The van der Waals surface area contributed by atoms with Crippen LogP contribution < -0.4 is 5.32 Å². The highest BCUT2D eigenvalue weighted by Gasteiger charge is 2.07. The Balaban J connectivity index is 1.69. The molecule has 1 N–H and O–H groups in total. The Labute approximate surface area is 132 Å². The van der Waals surface area contributed by atoms with Crippen molar-refractivity contribution in [3.63, 3.8) is 0 Å². The SMILES string of the molecule is O=C(NCc1ccnc(-c2ccco2)c1)c1cccc(Cl)c1. The van der Waals surface area contributed by atoms with E-state index in [1.807, 2.05) is 24.3 Å². The van der Waals surface area contributed by atoms with Gasteiger partial charge < -0.3 is 9.73 Å². The molecule has 0 bridgehead atoms. The van der Waals surface area contributed by atoms with Gasteiger partial charge in [0.25, 0.3) is 5.91 Å². The van der Waals surface area contributed by atoms with E-state index in [2.05, 4.69) is 10.3 Å². The summed E-state index contributed by atoms with van der Waals surface area (Å²) in [7, 11) is 0. The molecule has 0 aliphatic rings. The fourth-order valence-corrected chi connectivity index (χ4v) is 2.25. The van der Waals surface area contributed by atoms with E-state index in [4.69, 9.17) is 16.0 Å². The number of aromatic nitrogens is 1. The van der Waals surface area contributed by atoms with Crippen LogP contribution in [0.1, 0.15) is 15.9 Å². The third-order valence-corrected chi connectivity index (χ3v) is 3.37. The van der Waals surface area contributed by atoms with Gasteiger partial charge >= 0.3 is 0 Å². The largest absolute Gasteiger partial charge is 0.463 e. The molecule has 0 fully saturated rings. The van der Waals surface area contributed by atoms with Crippen molar-refractivity contribution in [1.29, 1.82) is 0 Å². The van der Waals surface area contributed by atoms with Crippen molar-refractivity contribution in [2.75, 3.05) is 0 Å². The van der Waals surface area contributed by atoms with Crippen LogP contribution in [-0.2, 0) is 6.54 Å². The number of furan rings is 1. The van der Waals surface area contributed by atoms with Crippen LogP contribution in [0.4, 0.5) is 0 Å². The highest BCUT2D eigenvalue weighted by atomic mass is 35.5. The fraction of sp³-hybridized carbons (Fsp3) is 0.0588. The first kappa shape index (κ1) is 14.4. The quantitative estimate of drug-likeness (QED) is 0.794. The number of halogens is 1. The first-order valence-corrected chi connectivity index (χ1v) is 7.13. The van der Waals surface area contributed by atoms with Crippen LogP contribution in [-0.4, -0.2) is 10.9 Å². The van der Waals surface area contributed by atoms with E-state index in [0.29, 0.717) is 22.9 Å². The number of benzene rings is 1. The maximum Gasteiger partial charge on any atom is 0.251 e. The Morgan fingerprint density at radius 1 is 1.18 bits per heavy atom. The molecular formula is C17H13ClN2O2. The normalized spacial score (nSPS) is 10.4. The Morgan fingerprint density at radius 2 is 2.09 bits per heavy atom. The van der Waals surface area contributed by atoms with E-state index >= 15 is 0 Å². The third-order valence-electron chi connectivity index (χ3n) is 3.14. The summed E-state index contributed by atoms with van der Waals surface area (Å²) in [6.45, 7) is 0.404. The van der Waals surface area contributed by atoms with Crippen molar-refractivity contribution in [3.05, 3.63) is 77.1 Å². The number of nitrogens with one attached hydrogen (secondary N) is 1. The number of hydrogen-bond donors (Lipinski definition) is 1. The zero-order chi connectivity index (χ0) is 15.4. The summed E-state index contributed by atoms with van der Waals surface area (Å²) in [4.78, 5) is 16.3. The zero-order valence-electron chi connectivity index (χ0n) is 11.6. The van der Waals surface area contributed by atoms with Crippen molar-refractivity contribution in [3.8, 4) is 11.5 Å². The smallest absolute Gasteiger partial charge is 0.251 e. The molecule has 0 saturated heterocycles. The van der Waals surface area contributed by atoms with Gasteiger partial charge in [-0.25, -0.2) is 0 Å². The molecule has 1 aromatic carbocycles. The lowest BCUT2D eigenvalue weighted by molar-refractivity contribution is 0.0951. The molecule has 0 aliphatic carbocycles. The number of pyridine rings is 1. The van der Waals surface area contributed by atoms with Gasteiger partial charge in [-0.3, -0.25) is 9.78 Å². The molecule has 110 valence electrons. The zero-order valence-corrected chi connectivity index (χ0v) is 12.4. The highest BCUT2D eigenvalue weighted by Crippen LogP contribution is 2.18. The van der Waals surface area contributed by atoms with Gasteiger partial charge in [-0.1, -0.05) is 17.7 Å². The van der Waals surface area contributed by atoms with E-state index in [0.717, 1.165) is 11.3 Å². The first-order chi connectivity index (χ1) is 10.7. The molecule has 3 aromatic rings. The van der Waals surface area contributed by atoms with Gasteiger partial charge in [0.05, 0.1) is 6.26 Å². The molecule has 22 heavy (non-hydrogen) atoms.